The molecule has 6 heterocycles. The standard InChI is InChI=1S/C10H10N4O3.C10H12N4O.C6H5ClN2O3.C4H6N2.CH2O3.2K.H/c1-7-5-13(6-12-7)10-9(17-2)3-8(4-11-10)14(15)16;1-7-5-14(6-13-7)10-9(15-2)3-8(11)4-12-10;1-12-5-2-4(9(10)11)3-8-6(5)7;1-4-2-5-3-6-4;2-1-4-3;;;/h3-6H,1-2H3;3-6H,11H2,1-2H3;2-3H,1H3;2-3H,1H3,(H,5,6);1,3H;;;/q;;;;;2*+1;-1/p-1. The molecule has 0 fully saturated rings. The number of nitro groups is 2. The van der Waals surface area contributed by atoms with Crippen LogP contribution in [0.5, 0.6) is 17.2 Å². The summed E-state index contributed by atoms with van der Waals surface area (Å²) in [6, 6.07) is 4.28. The van der Waals surface area contributed by atoms with Crippen molar-refractivity contribution >= 4 is 35.1 Å². The Morgan fingerprint density at radius 3 is 1.57 bits per heavy atom. The number of aromatic amines is 1. The number of nitrogens with two attached hydrogens (primary N) is 1. The second-order valence-electron chi connectivity index (χ2n) is 9.99. The van der Waals surface area contributed by atoms with E-state index in [-0.39, 0.29) is 133 Å². The number of nitrogens with zero attached hydrogens (tertiary/aromatic N) is 10. The number of hydrogen-bond donors (Lipinski definition) is 2. The molecule has 25 heteroatoms. The van der Waals surface area contributed by atoms with E-state index in [9.17, 15) is 20.2 Å². The predicted octanol–water partition coefficient (Wildman–Crippen LogP) is -2.42. The molecule has 56 heavy (non-hydrogen) atoms. The van der Waals surface area contributed by atoms with E-state index in [4.69, 9.17) is 41.6 Å². The number of anilines is 1. The molecule has 0 atom stereocenters. The van der Waals surface area contributed by atoms with Crippen LogP contribution in [0.3, 0.4) is 0 Å². The van der Waals surface area contributed by atoms with Crippen LogP contribution in [0.1, 0.15) is 18.5 Å². The Bertz CT molecular complexity index is 2110. The van der Waals surface area contributed by atoms with Crippen LogP contribution in [0.25, 0.3) is 11.6 Å². The minimum Gasteiger partial charge on any atom is -1.00 e. The van der Waals surface area contributed by atoms with Gasteiger partial charge >= 0.3 is 103 Å². The number of pyridine rings is 3. The number of ether oxygens (including phenoxy) is 3. The summed E-state index contributed by atoms with van der Waals surface area (Å²) in [6.45, 7) is 5.54. The van der Waals surface area contributed by atoms with Gasteiger partial charge < -0.3 is 36.5 Å². The van der Waals surface area contributed by atoms with E-state index in [0.29, 0.717) is 28.8 Å². The van der Waals surface area contributed by atoms with Gasteiger partial charge in [0, 0.05) is 30.4 Å². The van der Waals surface area contributed by atoms with Gasteiger partial charge in [0.2, 0.25) is 0 Å². The zero-order valence-electron chi connectivity index (χ0n) is 32.5. The number of hydrogen-bond acceptors (Lipinski definition) is 17. The molecule has 0 amide bonds. The molecule has 0 aliphatic rings. The number of halogens is 1. The molecule has 0 aliphatic heterocycles. The third-order valence-electron chi connectivity index (χ3n) is 6.13. The second-order valence-corrected chi connectivity index (χ2v) is 10.3. The van der Waals surface area contributed by atoms with Crippen LogP contribution >= 0.6 is 11.6 Å². The fraction of sp³-hybridized carbons (Fsp3) is 0.194. The van der Waals surface area contributed by atoms with Crippen LogP contribution in [0.4, 0.5) is 17.1 Å². The Kier molecular flexibility index (Phi) is 25.7. The monoisotopic (exact) mass is 848 g/mol. The molecule has 0 aromatic carbocycles. The number of H-pyrrole nitrogens is 1. The molecule has 0 bridgehead atoms. The minimum absolute atomic E-state index is 0. The topological polar surface area (TPSA) is 292 Å². The second kappa shape index (κ2) is 27.6. The van der Waals surface area contributed by atoms with E-state index in [2.05, 4.69) is 39.8 Å². The maximum atomic E-state index is 10.6. The Balaban J connectivity index is 0. The summed E-state index contributed by atoms with van der Waals surface area (Å²) in [5.74, 6) is 2.32. The zero-order valence-corrected chi connectivity index (χ0v) is 38.5. The molecule has 0 saturated heterocycles. The van der Waals surface area contributed by atoms with Gasteiger partial charge in [0.1, 0.15) is 25.0 Å². The van der Waals surface area contributed by atoms with Crippen LogP contribution in [0.15, 0.2) is 74.4 Å². The average molecular weight is 849 g/mol. The molecule has 0 unspecified atom stereocenters. The number of rotatable bonds is 8. The van der Waals surface area contributed by atoms with E-state index in [1.54, 1.807) is 59.9 Å². The molecule has 3 N–H and O–H groups in total. The normalized spacial score (nSPS) is 9.21. The maximum absolute atomic E-state index is 10.6. The first-order chi connectivity index (χ1) is 25.8. The predicted molar refractivity (Wildman–Crippen MR) is 190 cm³/mol. The number of nitrogen functional groups attached to an aromatic ring is 1. The van der Waals surface area contributed by atoms with Gasteiger partial charge in [0.25, 0.3) is 17.8 Å². The Hall–Kier alpha value is -3.93. The largest absolute Gasteiger partial charge is 1.00 e. The van der Waals surface area contributed by atoms with Crippen LogP contribution in [-0.4, -0.2) is 81.7 Å². The summed E-state index contributed by atoms with van der Waals surface area (Å²) in [6.07, 6.45) is 14.2. The molecule has 0 aliphatic carbocycles. The molecular weight excluding hydrogens is 814 g/mol. The van der Waals surface area contributed by atoms with Gasteiger partial charge in [-0.25, -0.2) is 29.9 Å². The minimum atomic E-state index is -0.564. The van der Waals surface area contributed by atoms with Crippen molar-refractivity contribution in [2.75, 3.05) is 27.1 Å². The van der Waals surface area contributed by atoms with Crippen molar-refractivity contribution in [1.82, 2.24) is 44.0 Å². The first-order valence-corrected chi connectivity index (χ1v) is 15.2. The Morgan fingerprint density at radius 1 is 0.768 bits per heavy atom. The summed E-state index contributed by atoms with van der Waals surface area (Å²) >= 11 is 5.54. The molecular formula is C31H35ClK2N12O10. The smallest absolute Gasteiger partial charge is 1.00 e. The fourth-order valence-electron chi connectivity index (χ4n) is 3.73. The molecule has 0 radical (unpaired) electrons. The molecule has 6 aromatic heterocycles. The maximum Gasteiger partial charge on any atom is 1.00 e. The summed E-state index contributed by atoms with van der Waals surface area (Å²) < 4.78 is 18.5. The van der Waals surface area contributed by atoms with Crippen LogP contribution in [0.2, 0.25) is 5.15 Å². The first-order valence-electron chi connectivity index (χ1n) is 14.8. The quantitative estimate of drug-likeness (QED) is 0.0402. The van der Waals surface area contributed by atoms with E-state index in [0.717, 1.165) is 23.3 Å². The molecule has 6 rings (SSSR count). The van der Waals surface area contributed by atoms with Crippen molar-refractivity contribution in [2.45, 2.75) is 20.8 Å². The third kappa shape index (κ3) is 17.5. The number of aryl methyl sites for hydroxylation is 3. The van der Waals surface area contributed by atoms with Crippen molar-refractivity contribution in [3.05, 3.63) is 117 Å². The van der Waals surface area contributed by atoms with Crippen LogP contribution in [-0.2, 0) is 9.68 Å². The van der Waals surface area contributed by atoms with Crippen LogP contribution in [0, 0.1) is 41.0 Å². The van der Waals surface area contributed by atoms with Crippen molar-refractivity contribution < 1.29 is 143 Å². The Labute approximate surface area is 410 Å². The molecule has 0 spiro atoms. The average Bonchev–Trinajstić information content (AvgIpc) is 3.95. The number of nitrogens with one attached hydrogen (secondary N) is 1. The summed E-state index contributed by atoms with van der Waals surface area (Å²) in [7, 11) is 4.39. The third-order valence-corrected chi connectivity index (χ3v) is 6.42. The van der Waals surface area contributed by atoms with Gasteiger partial charge in [-0.15, -0.1) is 0 Å². The van der Waals surface area contributed by atoms with Crippen molar-refractivity contribution in [1.29, 1.82) is 0 Å². The molecule has 6 aromatic rings. The van der Waals surface area contributed by atoms with Crippen molar-refractivity contribution in [3.8, 4) is 28.9 Å². The zero-order chi connectivity index (χ0) is 40.2. The van der Waals surface area contributed by atoms with Gasteiger partial charge in [-0.05, 0) is 20.8 Å². The number of imidazole rings is 3. The summed E-state index contributed by atoms with van der Waals surface area (Å²) in [5, 5.41) is 29.4. The first kappa shape index (κ1) is 52.1. The van der Waals surface area contributed by atoms with Gasteiger partial charge in [0.15, 0.2) is 34.0 Å². The van der Waals surface area contributed by atoms with Crippen LogP contribution < -0.4 is 128 Å². The Morgan fingerprint density at radius 2 is 1.21 bits per heavy atom. The van der Waals surface area contributed by atoms with Crippen molar-refractivity contribution in [3.63, 3.8) is 0 Å². The molecule has 288 valence electrons. The summed E-state index contributed by atoms with van der Waals surface area (Å²) in [4.78, 5) is 57.7. The van der Waals surface area contributed by atoms with E-state index >= 15 is 0 Å². The fourth-order valence-corrected chi connectivity index (χ4v) is 3.91. The number of carbonyl (C=O) groups is 1. The molecule has 0 saturated carbocycles. The van der Waals surface area contributed by atoms with Gasteiger partial charge in [-0.3, -0.25) is 34.2 Å². The van der Waals surface area contributed by atoms with Gasteiger partial charge in [-0.1, -0.05) is 11.6 Å². The van der Waals surface area contributed by atoms with E-state index < -0.39 is 9.85 Å². The summed E-state index contributed by atoms with van der Waals surface area (Å²) in [5.41, 5.74) is 8.80. The van der Waals surface area contributed by atoms with Gasteiger partial charge in [0.05, 0.1) is 72.9 Å². The number of methoxy groups -OCH3 is 3. The SMILES string of the molecule is COc1cc(N)cnc1-n1cnc(C)c1.COc1cc([N+](=O)[O-])cnc1-n1cnc(C)c1.COc1cc([N+](=O)[O-])cnc1Cl.Cc1cnc[nH]1.O=CO[O-].[H-].[K+].[K+]. The number of aromatic nitrogens is 9. The number of carbonyl (C=O) groups excluding carboxylic acids is 1. The molecule has 22 nitrogen and oxygen atoms in total. The van der Waals surface area contributed by atoms with Crippen molar-refractivity contribution in [2.24, 2.45) is 0 Å². The van der Waals surface area contributed by atoms with Gasteiger partial charge in [-0.2, -0.15) is 0 Å². The van der Waals surface area contributed by atoms with E-state index in [1.807, 2.05) is 27.0 Å². The van der Waals surface area contributed by atoms with E-state index in [1.165, 1.54) is 32.5 Å².